The van der Waals surface area contributed by atoms with Crippen molar-refractivity contribution >= 4 is 29.4 Å². The number of hydrogen-bond acceptors (Lipinski definition) is 8. The molecule has 3 heterocycles. The number of esters is 2. The van der Waals surface area contributed by atoms with Crippen molar-refractivity contribution in [2.45, 2.75) is 50.7 Å². The van der Waals surface area contributed by atoms with Crippen LogP contribution in [-0.4, -0.2) is 74.6 Å². The quantitative estimate of drug-likeness (QED) is 0.295. The molecule has 9 nitrogen and oxygen atoms in total. The van der Waals surface area contributed by atoms with Crippen molar-refractivity contribution in [1.82, 2.24) is 4.90 Å². The molecule has 1 spiro atoms. The average Bonchev–Trinajstić information content (AvgIpc) is 3.15. The zero-order valence-electron chi connectivity index (χ0n) is 21.3. The van der Waals surface area contributed by atoms with Gasteiger partial charge in [-0.25, -0.2) is 14.6 Å². The van der Waals surface area contributed by atoms with E-state index in [-0.39, 0.29) is 29.7 Å². The molecule has 0 saturated carbocycles. The molecule has 0 N–H and O–H groups in total. The van der Waals surface area contributed by atoms with Crippen LogP contribution in [0.2, 0.25) is 0 Å². The summed E-state index contributed by atoms with van der Waals surface area (Å²) in [6, 6.07) is 7.23. The summed E-state index contributed by atoms with van der Waals surface area (Å²) in [5.74, 6) is -1.03. The molecule has 1 saturated heterocycles. The number of carbonyl (C=O) groups excluding carboxylic acids is 3. The Hall–Kier alpha value is -3.46. The molecule has 1 fully saturated rings. The first-order valence-corrected chi connectivity index (χ1v) is 12.2. The minimum Gasteiger partial charge on any atom is -0.466 e. The van der Waals surface area contributed by atoms with Gasteiger partial charge in [-0.2, -0.15) is 0 Å². The Kier molecular flexibility index (Phi) is 7.31. The van der Waals surface area contributed by atoms with Crippen molar-refractivity contribution in [3.63, 3.8) is 0 Å². The summed E-state index contributed by atoms with van der Waals surface area (Å²) in [6.07, 6.45) is 3.15. The number of amides is 1. The predicted molar refractivity (Wildman–Crippen MR) is 135 cm³/mol. The number of likely N-dealkylation sites (tertiary alicyclic amines) is 1. The summed E-state index contributed by atoms with van der Waals surface area (Å²) in [7, 11) is 2.52. The number of methoxy groups -OCH3 is 2. The van der Waals surface area contributed by atoms with Gasteiger partial charge in [0.1, 0.15) is 5.84 Å². The molecule has 3 aliphatic heterocycles. The number of hydrogen-bond donors (Lipinski definition) is 0. The van der Waals surface area contributed by atoms with Crippen LogP contribution < -0.4 is 4.90 Å². The number of amidine groups is 1. The summed E-state index contributed by atoms with van der Waals surface area (Å²) in [5, 5.41) is 0. The smallest absolute Gasteiger partial charge is 0.357 e. The van der Waals surface area contributed by atoms with Gasteiger partial charge < -0.3 is 19.1 Å². The minimum absolute atomic E-state index is 0.0759. The highest BCUT2D eigenvalue weighted by molar-refractivity contribution is 6.15. The molecule has 0 bridgehead atoms. The van der Waals surface area contributed by atoms with Crippen LogP contribution in [0.3, 0.4) is 0 Å². The van der Waals surface area contributed by atoms with E-state index in [9.17, 15) is 14.4 Å². The lowest BCUT2D eigenvalue weighted by Gasteiger charge is -2.48. The highest BCUT2D eigenvalue weighted by atomic mass is 16.5. The second-order valence-corrected chi connectivity index (χ2v) is 9.33. The highest BCUT2D eigenvalue weighted by Gasteiger charge is 2.63. The van der Waals surface area contributed by atoms with Crippen LogP contribution in [0.4, 0.5) is 5.69 Å². The molecule has 3 aliphatic rings. The Bertz CT molecular complexity index is 1140. The molecular formula is C27H33N3O6. The lowest BCUT2D eigenvalue weighted by atomic mass is 9.65. The maximum atomic E-state index is 13.2. The summed E-state index contributed by atoms with van der Waals surface area (Å²) >= 11 is 0. The molecule has 192 valence electrons. The lowest BCUT2D eigenvalue weighted by Crippen LogP contribution is -2.63. The van der Waals surface area contributed by atoms with Crippen LogP contribution >= 0.6 is 0 Å². The summed E-state index contributed by atoms with van der Waals surface area (Å²) in [6.45, 7) is 9.12. The zero-order chi connectivity index (χ0) is 26.0. The van der Waals surface area contributed by atoms with Crippen molar-refractivity contribution in [2.24, 2.45) is 4.99 Å². The van der Waals surface area contributed by atoms with Gasteiger partial charge in [-0.3, -0.25) is 9.69 Å². The van der Waals surface area contributed by atoms with Gasteiger partial charge in [-0.15, -0.1) is 6.58 Å². The Morgan fingerprint density at radius 1 is 1.22 bits per heavy atom. The van der Waals surface area contributed by atoms with Crippen LogP contribution in [0.15, 0.2) is 53.2 Å². The van der Waals surface area contributed by atoms with Crippen molar-refractivity contribution in [2.75, 3.05) is 38.8 Å². The van der Waals surface area contributed by atoms with E-state index in [2.05, 4.69) is 6.58 Å². The van der Waals surface area contributed by atoms with E-state index in [0.717, 1.165) is 11.3 Å². The number of carbonyl (C=O) groups is 3. The molecule has 36 heavy (non-hydrogen) atoms. The molecule has 0 unspecified atom stereocenters. The third-order valence-corrected chi connectivity index (χ3v) is 6.99. The van der Waals surface area contributed by atoms with Gasteiger partial charge in [0.25, 0.3) is 0 Å². The van der Waals surface area contributed by atoms with Crippen molar-refractivity contribution in [3.05, 3.63) is 53.8 Å². The Labute approximate surface area is 211 Å². The third-order valence-electron chi connectivity index (χ3n) is 6.99. The molecule has 1 aromatic rings. The number of nitrogens with zero attached hydrogens (tertiary/aromatic N) is 3. The first-order valence-electron chi connectivity index (χ1n) is 12.2. The maximum Gasteiger partial charge on any atom is 0.357 e. The molecule has 4 rings (SSSR count). The van der Waals surface area contributed by atoms with Crippen LogP contribution in [0, 0.1) is 0 Å². The van der Waals surface area contributed by atoms with Gasteiger partial charge >= 0.3 is 11.9 Å². The molecule has 0 aliphatic carbocycles. The predicted octanol–water partition coefficient (Wildman–Crippen LogP) is 2.75. The number of piperidine rings is 1. The van der Waals surface area contributed by atoms with Crippen LogP contribution in [0.1, 0.15) is 38.7 Å². The monoisotopic (exact) mass is 495 g/mol. The second kappa shape index (κ2) is 10.3. The van der Waals surface area contributed by atoms with E-state index in [1.165, 1.54) is 14.2 Å². The van der Waals surface area contributed by atoms with Gasteiger partial charge in [0.15, 0.2) is 5.70 Å². The first kappa shape index (κ1) is 25.6. The van der Waals surface area contributed by atoms with Crippen LogP contribution in [0.25, 0.3) is 0 Å². The van der Waals surface area contributed by atoms with Crippen LogP contribution in [0.5, 0.6) is 0 Å². The molecule has 1 amide bonds. The highest BCUT2D eigenvalue weighted by Crippen LogP contribution is 2.55. The van der Waals surface area contributed by atoms with Crippen molar-refractivity contribution in [1.29, 1.82) is 0 Å². The largest absolute Gasteiger partial charge is 0.466 e. The summed E-state index contributed by atoms with van der Waals surface area (Å²) in [4.78, 5) is 47.9. The number of rotatable bonds is 9. The Morgan fingerprint density at radius 3 is 2.61 bits per heavy atom. The Morgan fingerprint density at radius 2 is 1.94 bits per heavy atom. The molecule has 9 heteroatoms. The summed E-state index contributed by atoms with van der Waals surface area (Å²) in [5.41, 5.74) is 1.02. The molecule has 0 aromatic heterocycles. The number of fused-ring (bicyclic) bond motifs is 1. The van der Waals surface area contributed by atoms with Crippen LogP contribution in [-0.2, 0) is 34.0 Å². The van der Waals surface area contributed by atoms with E-state index >= 15 is 0 Å². The van der Waals surface area contributed by atoms with Gasteiger partial charge in [-0.1, -0.05) is 24.3 Å². The second-order valence-electron chi connectivity index (χ2n) is 9.33. The third kappa shape index (κ3) is 4.01. The van der Waals surface area contributed by atoms with Crippen molar-refractivity contribution in [3.8, 4) is 0 Å². The Balaban J connectivity index is 1.95. The van der Waals surface area contributed by atoms with Gasteiger partial charge in [0, 0.05) is 31.8 Å². The van der Waals surface area contributed by atoms with E-state index in [1.807, 2.05) is 43.0 Å². The number of anilines is 1. The summed E-state index contributed by atoms with van der Waals surface area (Å²) < 4.78 is 15.9. The van der Waals surface area contributed by atoms with Gasteiger partial charge in [-0.05, 0) is 38.3 Å². The standard InChI is InChI=1S/C27H33N3O6/c1-6-14-29-19-11-8-7-10-18(19)27-13-12-20(31)30(15-9-16-36-17(2)3)26(27)28-22(25(33)35-5)21(23(27)29)24(32)34-4/h6-8,10-11,17,23H,1,9,12-16H2,2-5H3/t23-,27-/m0/s1. The molecular weight excluding hydrogens is 462 g/mol. The van der Waals surface area contributed by atoms with Gasteiger partial charge in [0.2, 0.25) is 5.91 Å². The zero-order valence-corrected chi connectivity index (χ0v) is 21.3. The number of benzene rings is 1. The normalized spacial score (nSPS) is 22.6. The topological polar surface area (TPSA) is 97.7 Å². The fourth-order valence-electron chi connectivity index (χ4n) is 5.62. The molecule has 0 radical (unpaired) electrons. The maximum absolute atomic E-state index is 13.2. The van der Waals surface area contributed by atoms with E-state index in [1.54, 1.807) is 11.0 Å². The molecule has 2 atom stereocenters. The number of ether oxygens (including phenoxy) is 3. The SMILES string of the molecule is C=CCN1c2ccccc2[C@]23CCC(=O)N(CCCOC(C)C)C2=NC(C(=O)OC)=C(C(=O)OC)[C@H]13. The van der Waals surface area contributed by atoms with Gasteiger partial charge in [0.05, 0.1) is 37.4 Å². The number of aliphatic imine (C=N–C) groups is 1. The first-order chi connectivity index (χ1) is 17.3. The lowest BCUT2D eigenvalue weighted by molar-refractivity contribution is -0.140. The fourth-order valence-corrected chi connectivity index (χ4v) is 5.62. The fraction of sp³-hybridized carbons (Fsp3) is 0.481. The average molecular weight is 496 g/mol. The molecule has 1 aromatic carbocycles. The van der Waals surface area contributed by atoms with E-state index < -0.39 is 23.4 Å². The van der Waals surface area contributed by atoms with E-state index in [4.69, 9.17) is 19.2 Å². The van der Waals surface area contributed by atoms with E-state index in [0.29, 0.717) is 38.4 Å². The van der Waals surface area contributed by atoms with Crippen molar-refractivity contribution < 1.29 is 28.6 Å². The number of para-hydroxylation sites is 1. The minimum atomic E-state index is -0.826.